The molecular formula is C25H18ClF2N5O4S. The summed E-state index contributed by atoms with van der Waals surface area (Å²) in [5.41, 5.74) is 6.78. The number of sulfonamides is 1. The van der Waals surface area contributed by atoms with Crippen LogP contribution in [0.5, 0.6) is 11.5 Å². The molecule has 0 bridgehead atoms. The lowest BCUT2D eigenvalue weighted by Gasteiger charge is -2.11. The maximum absolute atomic E-state index is 14.3. The Labute approximate surface area is 219 Å². The van der Waals surface area contributed by atoms with Crippen LogP contribution in [0.15, 0.2) is 66.9 Å². The SMILES string of the molecule is CS(=O)(=O)Nc1cc2[nH]c(C(=O)c3cnn(-c4ccc(Oc5ccccc5F)cc4Cl)c3N)cc2cc1F. The highest BCUT2D eigenvalue weighted by Gasteiger charge is 2.21. The molecule has 0 saturated carbocycles. The van der Waals surface area contributed by atoms with Crippen LogP contribution in [0.25, 0.3) is 16.6 Å². The number of H-pyrrole nitrogens is 1. The number of nitrogens with zero attached hydrogens (tertiary/aromatic N) is 2. The molecule has 0 atom stereocenters. The molecule has 0 spiro atoms. The maximum atomic E-state index is 14.3. The number of carbonyl (C=O) groups excluding carboxylic acids is 1. The van der Waals surface area contributed by atoms with Gasteiger partial charge in [0.2, 0.25) is 15.8 Å². The fourth-order valence-corrected chi connectivity index (χ4v) is 4.61. The topological polar surface area (TPSA) is 132 Å². The second-order valence-corrected chi connectivity index (χ2v) is 10.5. The molecule has 4 N–H and O–H groups in total. The molecule has 194 valence electrons. The van der Waals surface area contributed by atoms with Crippen LogP contribution < -0.4 is 15.2 Å². The van der Waals surface area contributed by atoms with E-state index in [1.165, 1.54) is 41.2 Å². The van der Waals surface area contributed by atoms with Crippen molar-refractivity contribution in [2.24, 2.45) is 0 Å². The molecule has 0 aliphatic rings. The number of halogens is 3. The highest BCUT2D eigenvalue weighted by Crippen LogP contribution is 2.32. The summed E-state index contributed by atoms with van der Waals surface area (Å²) in [7, 11) is -3.71. The molecule has 0 aliphatic carbocycles. The minimum Gasteiger partial charge on any atom is -0.454 e. The molecule has 2 aromatic heterocycles. The van der Waals surface area contributed by atoms with Gasteiger partial charge in [0.05, 0.1) is 40.1 Å². The van der Waals surface area contributed by atoms with E-state index < -0.39 is 27.4 Å². The lowest BCUT2D eigenvalue weighted by Crippen LogP contribution is -2.10. The Morgan fingerprint density at radius 2 is 1.87 bits per heavy atom. The Morgan fingerprint density at radius 1 is 1.11 bits per heavy atom. The summed E-state index contributed by atoms with van der Waals surface area (Å²) >= 11 is 6.41. The van der Waals surface area contributed by atoms with Crippen molar-refractivity contribution >= 4 is 49.8 Å². The fourth-order valence-electron chi connectivity index (χ4n) is 3.80. The first kappa shape index (κ1) is 25.2. The Hall–Kier alpha value is -4.42. The molecule has 0 saturated heterocycles. The van der Waals surface area contributed by atoms with E-state index in [0.717, 1.165) is 12.3 Å². The number of fused-ring (bicyclic) bond motifs is 1. The van der Waals surface area contributed by atoms with Crippen molar-refractivity contribution in [3.8, 4) is 17.2 Å². The summed E-state index contributed by atoms with van der Waals surface area (Å²) in [6.45, 7) is 0. The summed E-state index contributed by atoms with van der Waals surface area (Å²) in [4.78, 5) is 16.0. The minimum atomic E-state index is -3.71. The lowest BCUT2D eigenvalue weighted by atomic mass is 10.1. The predicted molar refractivity (Wildman–Crippen MR) is 140 cm³/mol. The number of nitrogen functional groups attached to an aromatic ring is 1. The molecule has 5 rings (SSSR count). The van der Waals surface area contributed by atoms with Crippen LogP contribution in [0.2, 0.25) is 5.02 Å². The van der Waals surface area contributed by atoms with Gasteiger partial charge in [-0.2, -0.15) is 5.10 Å². The van der Waals surface area contributed by atoms with Crippen molar-refractivity contribution in [3.63, 3.8) is 0 Å². The number of nitrogens with two attached hydrogens (primary N) is 1. The van der Waals surface area contributed by atoms with Crippen molar-refractivity contribution in [1.29, 1.82) is 0 Å². The Morgan fingerprint density at radius 3 is 2.58 bits per heavy atom. The number of carbonyl (C=O) groups is 1. The first-order chi connectivity index (χ1) is 18.0. The molecule has 2 heterocycles. The number of rotatable bonds is 7. The molecule has 0 radical (unpaired) electrons. The van der Waals surface area contributed by atoms with Gasteiger partial charge in [-0.05, 0) is 42.5 Å². The van der Waals surface area contributed by atoms with E-state index in [4.69, 9.17) is 22.1 Å². The Balaban J connectivity index is 1.43. The molecule has 3 aromatic carbocycles. The number of ether oxygens (including phenoxy) is 1. The third-order valence-corrected chi connectivity index (χ3v) is 6.40. The van der Waals surface area contributed by atoms with Gasteiger partial charge in [0.25, 0.3) is 0 Å². The van der Waals surface area contributed by atoms with Crippen molar-refractivity contribution < 1.29 is 26.7 Å². The number of ketones is 1. The zero-order chi connectivity index (χ0) is 27.2. The molecule has 9 nitrogen and oxygen atoms in total. The number of benzene rings is 3. The van der Waals surface area contributed by atoms with Gasteiger partial charge in [0, 0.05) is 17.0 Å². The average Bonchev–Trinajstić information content (AvgIpc) is 3.43. The van der Waals surface area contributed by atoms with Gasteiger partial charge in [-0.3, -0.25) is 9.52 Å². The van der Waals surface area contributed by atoms with Crippen LogP contribution in [0.1, 0.15) is 16.1 Å². The van der Waals surface area contributed by atoms with Gasteiger partial charge in [0.1, 0.15) is 17.4 Å². The van der Waals surface area contributed by atoms with E-state index in [2.05, 4.69) is 14.8 Å². The molecule has 13 heteroatoms. The minimum absolute atomic E-state index is 0.0102. The quantitative estimate of drug-likeness (QED) is 0.234. The summed E-state index contributed by atoms with van der Waals surface area (Å²) < 4.78 is 60.1. The van der Waals surface area contributed by atoms with Gasteiger partial charge < -0.3 is 15.5 Å². The Bertz CT molecular complexity index is 1840. The fraction of sp³-hybridized carbons (Fsp3) is 0.0400. The van der Waals surface area contributed by atoms with E-state index in [-0.39, 0.29) is 39.3 Å². The van der Waals surface area contributed by atoms with Crippen molar-refractivity contribution in [2.45, 2.75) is 0 Å². The number of nitrogens with one attached hydrogen (secondary N) is 2. The third kappa shape index (κ3) is 4.91. The van der Waals surface area contributed by atoms with E-state index in [1.807, 2.05) is 0 Å². The van der Waals surface area contributed by atoms with Crippen LogP contribution >= 0.6 is 11.6 Å². The van der Waals surface area contributed by atoms with Crippen LogP contribution in [-0.4, -0.2) is 35.2 Å². The zero-order valence-corrected chi connectivity index (χ0v) is 21.1. The monoisotopic (exact) mass is 557 g/mol. The Kier molecular flexibility index (Phi) is 6.29. The van der Waals surface area contributed by atoms with E-state index >= 15 is 0 Å². The van der Waals surface area contributed by atoms with Gasteiger partial charge in [-0.25, -0.2) is 21.9 Å². The van der Waals surface area contributed by atoms with E-state index in [1.54, 1.807) is 24.3 Å². The molecule has 0 fully saturated rings. The van der Waals surface area contributed by atoms with Crippen LogP contribution in [0, 0.1) is 11.6 Å². The van der Waals surface area contributed by atoms with Crippen LogP contribution in [0.3, 0.4) is 0 Å². The van der Waals surface area contributed by atoms with E-state index in [9.17, 15) is 22.0 Å². The first-order valence-corrected chi connectivity index (χ1v) is 13.2. The summed E-state index contributed by atoms with van der Waals surface area (Å²) in [6, 6.07) is 14.2. The zero-order valence-electron chi connectivity index (χ0n) is 19.5. The molecule has 5 aromatic rings. The molecular weight excluding hydrogens is 540 g/mol. The third-order valence-electron chi connectivity index (χ3n) is 5.51. The van der Waals surface area contributed by atoms with Gasteiger partial charge >= 0.3 is 0 Å². The average molecular weight is 558 g/mol. The first-order valence-electron chi connectivity index (χ1n) is 10.9. The normalized spacial score (nSPS) is 11.6. The number of anilines is 2. The molecule has 38 heavy (non-hydrogen) atoms. The van der Waals surface area contributed by atoms with Crippen LogP contribution in [-0.2, 0) is 10.0 Å². The largest absolute Gasteiger partial charge is 0.454 e. The summed E-state index contributed by atoms with van der Waals surface area (Å²) in [6.07, 6.45) is 2.16. The van der Waals surface area contributed by atoms with Gasteiger partial charge in [-0.15, -0.1) is 0 Å². The molecule has 0 unspecified atom stereocenters. The predicted octanol–water partition coefficient (Wildman–Crippen LogP) is 5.26. The number of aromatic nitrogens is 3. The number of hydrogen-bond acceptors (Lipinski definition) is 6. The molecule has 0 amide bonds. The second kappa shape index (κ2) is 9.47. The summed E-state index contributed by atoms with van der Waals surface area (Å²) in [5.74, 6) is -1.57. The highest BCUT2D eigenvalue weighted by atomic mass is 35.5. The second-order valence-electron chi connectivity index (χ2n) is 8.31. The lowest BCUT2D eigenvalue weighted by molar-refractivity contribution is 0.103. The van der Waals surface area contributed by atoms with Gasteiger partial charge in [0.15, 0.2) is 11.6 Å². The van der Waals surface area contributed by atoms with Crippen molar-refractivity contribution in [2.75, 3.05) is 16.7 Å². The maximum Gasteiger partial charge on any atom is 0.229 e. The van der Waals surface area contributed by atoms with Gasteiger partial charge in [-0.1, -0.05) is 23.7 Å². The highest BCUT2D eigenvalue weighted by molar-refractivity contribution is 7.92. The number of aromatic amines is 1. The number of hydrogen-bond donors (Lipinski definition) is 3. The number of para-hydroxylation sites is 1. The smallest absolute Gasteiger partial charge is 0.229 e. The summed E-state index contributed by atoms with van der Waals surface area (Å²) in [5, 5.41) is 4.71. The van der Waals surface area contributed by atoms with Crippen LogP contribution in [0.4, 0.5) is 20.3 Å². The van der Waals surface area contributed by atoms with Crippen molar-refractivity contribution in [3.05, 3.63) is 94.8 Å². The van der Waals surface area contributed by atoms with E-state index in [0.29, 0.717) is 16.6 Å². The standard InChI is InChI=1S/C25H18ClF2N5O4S/c1-38(35,36)32-20-11-19-13(8-18(20)28)9-21(31-19)24(34)15-12-30-33(25(15)29)22-7-6-14(10-16(22)26)37-23-5-3-2-4-17(23)27/h2-12,31-32H,29H2,1H3. The molecule has 0 aliphatic heterocycles. The van der Waals surface area contributed by atoms with Crippen molar-refractivity contribution in [1.82, 2.24) is 14.8 Å².